The number of aliphatic carboxylic acids is 1. The molecule has 0 aliphatic carbocycles. The van der Waals surface area contributed by atoms with Crippen LogP contribution in [0, 0.1) is 0 Å². The Labute approximate surface area is 112 Å². The van der Waals surface area contributed by atoms with Gasteiger partial charge in [0.25, 0.3) is 0 Å². The van der Waals surface area contributed by atoms with E-state index in [0.717, 1.165) is 25.8 Å². The molecule has 3 unspecified atom stereocenters. The minimum absolute atomic E-state index is 0.192. The normalized spacial score (nSPS) is 18.4. The second kappa shape index (κ2) is 7.74. The van der Waals surface area contributed by atoms with Gasteiger partial charge in [-0.25, -0.2) is 0 Å². The molecule has 4 heteroatoms. The molecule has 0 heterocycles. The molecule has 0 spiro atoms. The van der Waals surface area contributed by atoms with E-state index in [4.69, 9.17) is 10.8 Å². The van der Waals surface area contributed by atoms with Crippen molar-refractivity contribution in [3.63, 3.8) is 0 Å². The van der Waals surface area contributed by atoms with Crippen LogP contribution in [-0.4, -0.2) is 40.1 Å². The lowest BCUT2D eigenvalue weighted by Crippen LogP contribution is -2.51. The van der Waals surface area contributed by atoms with E-state index in [2.05, 4.69) is 32.6 Å². The highest BCUT2D eigenvalue weighted by Crippen LogP contribution is 2.18. The summed E-state index contributed by atoms with van der Waals surface area (Å²) in [4.78, 5) is 13.5. The third-order valence-electron chi connectivity index (χ3n) is 3.70. The number of hydrogen-bond donors (Lipinski definition) is 2. The van der Waals surface area contributed by atoms with Crippen molar-refractivity contribution in [1.29, 1.82) is 0 Å². The van der Waals surface area contributed by atoms with Crippen molar-refractivity contribution in [2.45, 2.75) is 77.9 Å². The molecule has 0 bridgehead atoms. The number of nitrogens with zero attached hydrogens (tertiary/aromatic N) is 1. The standard InChI is InChI=1S/C14H30N2O2/c1-6-8-9-16(11(3)7-2)12(4)10-14(5,15)13(17)18/h11-12H,6-10,15H2,1-5H3,(H,17,18). The molecule has 0 saturated heterocycles. The molecule has 0 aromatic rings. The number of hydrogen-bond acceptors (Lipinski definition) is 3. The molecule has 0 aliphatic heterocycles. The predicted molar refractivity (Wildman–Crippen MR) is 75.7 cm³/mol. The molecule has 108 valence electrons. The number of nitrogens with two attached hydrogens (primary N) is 1. The van der Waals surface area contributed by atoms with Gasteiger partial charge in [-0.15, -0.1) is 0 Å². The first-order valence-electron chi connectivity index (χ1n) is 7.04. The lowest BCUT2D eigenvalue weighted by Gasteiger charge is -2.37. The fourth-order valence-corrected chi connectivity index (χ4v) is 2.27. The fraction of sp³-hybridized carbons (Fsp3) is 0.929. The summed E-state index contributed by atoms with van der Waals surface area (Å²) in [6, 6.07) is 0.661. The molecule has 0 aromatic carbocycles. The lowest BCUT2D eigenvalue weighted by molar-refractivity contribution is -0.143. The summed E-state index contributed by atoms with van der Waals surface area (Å²) in [5.41, 5.74) is 4.70. The first-order chi connectivity index (χ1) is 8.26. The van der Waals surface area contributed by atoms with E-state index in [0.29, 0.717) is 12.5 Å². The van der Waals surface area contributed by atoms with Gasteiger partial charge < -0.3 is 10.8 Å². The average Bonchev–Trinajstić information content (AvgIpc) is 2.28. The number of carboxylic acids is 1. The van der Waals surface area contributed by atoms with Gasteiger partial charge in [0, 0.05) is 12.1 Å². The van der Waals surface area contributed by atoms with Crippen molar-refractivity contribution in [1.82, 2.24) is 4.90 Å². The van der Waals surface area contributed by atoms with Crippen LogP contribution in [0.2, 0.25) is 0 Å². The van der Waals surface area contributed by atoms with Gasteiger partial charge in [-0.1, -0.05) is 20.3 Å². The Morgan fingerprint density at radius 1 is 1.33 bits per heavy atom. The van der Waals surface area contributed by atoms with Crippen LogP contribution < -0.4 is 5.73 Å². The van der Waals surface area contributed by atoms with Crippen molar-refractivity contribution in [3.05, 3.63) is 0 Å². The van der Waals surface area contributed by atoms with E-state index in [1.54, 1.807) is 6.92 Å². The van der Waals surface area contributed by atoms with E-state index < -0.39 is 11.5 Å². The highest BCUT2D eigenvalue weighted by Gasteiger charge is 2.32. The summed E-state index contributed by atoms with van der Waals surface area (Å²) in [7, 11) is 0. The summed E-state index contributed by atoms with van der Waals surface area (Å²) in [5, 5.41) is 9.10. The van der Waals surface area contributed by atoms with E-state index in [-0.39, 0.29) is 6.04 Å². The molecule has 0 saturated carbocycles. The zero-order valence-corrected chi connectivity index (χ0v) is 12.6. The Bertz CT molecular complexity index is 254. The van der Waals surface area contributed by atoms with Crippen molar-refractivity contribution >= 4 is 5.97 Å². The molecule has 0 rings (SSSR count). The second-order valence-electron chi connectivity index (χ2n) is 5.62. The maximum Gasteiger partial charge on any atom is 0.323 e. The Morgan fingerprint density at radius 3 is 2.28 bits per heavy atom. The summed E-state index contributed by atoms with van der Waals surface area (Å²) >= 11 is 0. The molecule has 3 atom stereocenters. The molecule has 0 aliphatic rings. The number of rotatable bonds is 9. The smallest absolute Gasteiger partial charge is 0.323 e. The third kappa shape index (κ3) is 5.36. The fourth-order valence-electron chi connectivity index (χ4n) is 2.27. The van der Waals surface area contributed by atoms with Gasteiger partial charge >= 0.3 is 5.97 Å². The SMILES string of the molecule is CCCCN(C(C)CC)C(C)CC(C)(N)C(=O)O. The largest absolute Gasteiger partial charge is 0.480 e. The van der Waals surface area contributed by atoms with E-state index in [1.165, 1.54) is 0 Å². The monoisotopic (exact) mass is 258 g/mol. The maximum atomic E-state index is 11.1. The first-order valence-corrected chi connectivity index (χ1v) is 7.04. The van der Waals surface area contributed by atoms with Crippen LogP contribution in [0.25, 0.3) is 0 Å². The highest BCUT2D eigenvalue weighted by molar-refractivity contribution is 5.77. The Morgan fingerprint density at radius 2 is 1.89 bits per heavy atom. The van der Waals surface area contributed by atoms with E-state index >= 15 is 0 Å². The molecule has 18 heavy (non-hydrogen) atoms. The van der Waals surface area contributed by atoms with Crippen molar-refractivity contribution in [2.24, 2.45) is 5.73 Å². The van der Waals surface area contributed by atoms with Crippen LogP contribution in [0.5, 0.6) is 0 Å². The van der Waals surface area contributed by atoms with Crippen molar-refractivity contribution in [3.8, 4) is 0 Å². The summed E-state index contributed by atoms with van der Waals surface area (Å²) in [6.45, 7) is 11.2. The van der Waals surface area contributed by atoms with Gasteiger partial charge in [0.1, 0.15) is 5.54 Å². The maximum absolute atomic E-state index is 11.1. The molecular weight excluding hydrogens is 228 g/mol. The number of carboxylic acid groups (broad SMARTS) is 1. The minimum Gasteiger partial charge on any atom is -0.480 e. The topological polar surface area (TPSA) is 66.6 Å². The van der Waals surface area contributed by atoms with Gasteiger partial charge in [-0.05, 0) is 46.6 Å². The zero-order chi connectivity index (χ0) is 14.3. The van der Waals surface area contributed by atoms with Gasteiger partial charge in [0.2, 0.25) is 0 Å². The first kappa shape index (κ1) is 17.4. The van der Waals surface area contributed by atoms with E-state index in [9.17, 15) is 4.79 Å². The van der Waals surface area contributed by atoms with E-state index in [1.807, 2.05) is 0 Å². The molecule has 4 nitrogen and oxygen atoms in total. The minimum atomic E-state index is -1.14. The summed E-state index contributed by atoms with van der Waals surface area (Å²) in [6.07, 6.45) is 3.85. The van der Waals surface area contributed by atoms with Gasteiger partial charge in [0.05, 0.1) is 0 Å². The summed E-state index contributed by atoms with van der Waals surface area (Å²) in [5.74, 6) is -0.922. The predicted octanol–water partition coefficient (Wildman–Crippen LogP) is 2.47. The van der Waals surface area contributed by atoms with Crippen LogP contribution in [0.4, 0.5) is 0 Å². The quantitative estimate of drug-likeness (QED) is 0.666. The van der Waals surface area contributed by atoms with Crippen LogP contribution in [-0.2, 0) is 4.79 Å². The number of unbranched alkanes of at least 4 members (excludes halogenated alkanes) is 1. The third-order valence-corrected chi connectivity index (χ3v) is 3.70. The highest BCUT2D eigenvalue weighted by atomic mass is 16.4. The molecule has 0 radical (unpaired) electrons. The van der Waals surface area contributed by atoms with Crippen LogP contribution >= 0.6 is 0 Å². The molecule has 0 fully saturated rings. The second-order valence-corrected chi connectivity index (χ2v) is 5.62. The van der Waals surface area contributed by atoms with Gasteiger partial charge in [-0.2, -0.15) is 0 Å². The van der Waals surface area contributed by atoms with Crippen molar-refractivity contribution in [2.75, 3.05) is 6.54 Å². The van der Waals surface area contributed by atoms with Crippen LogP contribution in [0.1, 0.15) is 60.3 Å². The Hall–Kier alpha value is -0.610. The van der Waals surface area contributed by atoms with Gasteiger partial charge in [0.15, 0.2) is 0 Å². The Balaban J connectivity index is 4.64. The summed E-state index contributed by atoms with van der Waals surface area (Å²) < 4.78 is 0. The average molecular weight is 258 g/mol. The molecule has 3 N–H and O–H groups in total. The molecular formula is C14H30N2O2. The Kier molecular flexibility index (Phi) is 7.48. The van der Waals surface area contributed by atoms with Crippen molar-refractivity contribution < 1.29 is 9.90 Å². The van der Waals surface area contributed by atoms with Crippen LogP contribution in [0.3, 0.4) is 0 Å². The number of carbonyl (C=O) groups is 1. The molecule has 0 aromatic heterocycles. The zero-order valence-electron chi connectivity index (χ0n) is 12.6. The lowest BCUT2D eigenvalue weighted by atomic mass is 9.93. The molecule has 0 amide bonds. The van der Waals surface area contributed by atoms with Crippen LogP contribution in [0.15, 0.2) is 0 Å². The van der Waals surface area contributed by atoms with Gasteiger partial charge in [-0.3, -0.25) is 9.69 Å².